The summed E-state index contributed by atoms with van der Waals surface area (Å²) < 4.78 is 13.4. The lowest BCUT2D eigenvalue weighted by molar-refractivity contribution is 0.0973. The molecule has 0 spiro atoms. The van der Waals surface area contributed by atoms with Gasteiger partial charge in [0.2, 0.25) is 0 Å². The van der Waals surface area contributed by atoms with Gasteiger partial charge >= 0.3 is 0 Å². The fourth-order valence-electron chi connectivity index (χ4n) is 3.59. The van der Waals surface area contributed by atoms with Gasteiger partial charge in [-0.3, -0.25) is 4.90 Å². The Balaban J connectivity index is 1.70. The first-order valence-electron chi connectivity index (χ1n) is 9.33. The van der Waals surface area contributed by atoms with Crippen LogP contribution in [0.25, 0.3) is 0 Å². The molecule has 3 rings (SSSR count). The molecule has 0 radical (unpaired) electrons. The summed E-state index contributed by atoms with van der Waals surface area (Å²) in [6.45, 7) is 6.30. The van der Waals surface area contributed by atoms with Crippen molar-refractivity contribution in [1.29, 1.82) is 0 Å². The number of hydrogen-bond acceptors (Lipinski definition) is 3. The molecule has 2 N–H and O–H groups in total. The lowest BCUT2D eigenvalue weighted by Gasteiger charge is -2.41. The van der Waals surface area contributed by atoms with E-state index in [0.29, 0.717) is 10.8 Å². The molecule has 27 heavy (non-hydrogen) atoms. The minimum Gasteiger partial charge on any atom is -0.358 e. The van der Waals surface area contributed by atoms with Crippen LogP contribution in [0, 0.1) is 5.82 Å². The van der Waals surface area contributed by atoms with Crippen molar-refractivity contribution < 1.29 is 4.39 Å². The average Bonchev–Trinajstić information content (AvgIpc) is 2.64. The molecule has 1 saturated heterocycles. The molecule has 1 heterocycles. The van der Waals surface area contributed by atoms with Gasteiger partial charge in [0.05, 0.1) is 6.04 Å². The highest BCUT2D eigenvalue weighted by Crippen LogP contribution is 2.25. The molecular formula is C21H27FN4S. The molecule has 0 unspecified atom stereocenters. The number of anilines is 1. The molecule has 144 valence electrons. The van der Waals surface area contributed by atoms with Gasteiger partial charge < -0.3 is 15.5 Å². The van der Waals surface area contributed by atoms with E-state index >= 15 is 0 Å². The van der Waals surface area contributed by atoms with Gasteiger partial charge in [0.1, 0.15) is 5.82 Å². The van der Waals surface area contributed by atoms with E-state index in [2.05, 4.69) is 58.7 Å². The van der Waals surface area contributed by atoms with E-state index < -0.39 is 0 Å². The molecule has 4 nitrogen and oxygen atoms in total. The molecule has 2 aromatic carbocycles. The van der Waals surface area contributed by atoms with E-state index in [0.717, 1.165) is 26.2 Å². The van der Waals surface area contributed by atoms with Crippen LogP contribution >= 0.6 is 12.2 Å². The van der Waals surface area contributed by atoms with E-state index in [-0.39, 0.29) is 17.9 Å². The second-order valence-electron chi connectivity index (χ2n) is 7.09. The topological polar surface area (TPSA) is 30.5 Å². The number of rotatable bonds is 5. The van der Waals surface area contributed by atoms with E-state index in [4.69, 9.17) is 12.2 Å². The summed E-state index contributed by atoms with van der Waals surface area (Å²) in [4.78, 5) is 4.87. The predicted octanol–water partition coefficient (Wildman–Crippen LogP) is 3.49. The average molecular weight is 387 g/mol. The monoisotopic (exact) mass is 386 g/mol. The van der Waals surface area contributed by atoms with Crippen LogP contribution < -0.4 is 10.6 Å². The number of likely N-dealkylation sites (N-methyl/N-ethyl adjacent to an activating group) is 1. The van der Waals surface area contributed by atoms with E-state index in [9.17, 15) is 4.39 Å². The maximum atomic E-state index is 13.4. The van der Waals surface area contributed by atoms with Gasteiger partial charge in [-0.1, -0.05) is 36.4 Å². The largest absolute Gasteiger partial charge is 0.358 e. The normalized spacial score (nSPS) is 17.9. The van der Waals surface area contributed by atoms with E-state index in [1.807, 2.05) is 6.07 Å². The Labute approximate surface area is 166 Å². The first kappa shape index (κ1) is 19.7. The van der Waals surface area contributed by atoms with Gasteiger partial charge in [-0.15, -0.1) is 0 Å². The third kappa shape index (κ3) is 5.48. The molecule has 0 amide bonds. The van der Waals surface area contributed by atoms with Crippen LogP contribution in [0.3, 0.4) is 0 Å². The zero-order valence-electron chi connectivity index (χ0n) is 15.9. The SMILES string of the molecule is C[C@@H](NC(=S)Nc1cccc(F)c1)[C@@H](c1ccccc1)N1CCN(C)CC1. The summed E-state index contributed by atoms with van der Waals surface area (Å²) in [7, 11) is 2.16. The van der Waals surface area contributed by atoms with Gasteiger partial charge in [0.15, 0.2) is 5.11 Å². The number of piperazine rings is 1. The Hall–Kier alpha value is -2.02. The van der Waals surface area contributed by atoms with Crippen LogP contribution in [0.5, 0.6) is 0 Å². The third-order valence-corrected chi connectivity index (χ3v) is 5.21. The van der Waals surface area contributed by atoms with Gasteiger partial charge in [-0.2, -0.15) is 0 Å². The number of halogens is 1. The summed E-state index contributed by atoms with van der Waals surface area (Å²) >= 11 is 5.47. The quantitative estimate of drug-likeness (QED) is 0.768. The van der Waals surface area contributed by atoms with Crippen molar-refractivity contribution in [1.82, 2.24) is 15.1 Å². The van der Waals surface area contributed by atoms with E-state index in [1.165, 1.54) is 17.7 Å². The standard InChI is InChI=1S/C21H27FN4S/c1-16(23-21(27)24-19-10-6-9-18(22)15-19)20(17-7-4-3-5-8-17)26-13-11-25(2)12-14-26/h3-10,15-16,20H,11-14H2,1-2H3,(H2,23,24,27)/t16-,20+/m1/s1. The first-order valence-corrected chi connectivity index (χ1v) is 9.74. The number of nitrogens with zero attached hydrogens (tertiary/aromatic N) is 2. The second kappa shape index (κ2) is 9.26. The molecule has 2 atom stereocenters. The van der Waals surface area contributed by atoms with Crippen molar-refractivity contribution in [2.75, 3.05) is 38.5 Å². The van der Waals surface area contributed by atoms with Crippen LogP contribution in [0.15, 0.2) is 54.6 Å². The summed E-state index contributed by atoms with van der Waals surface area (Å²) in [6, 6.07) is 17.2. The lowest BCUT2D eigenvalue weighted by Crippen LogP contribution is -2.52. The maximum Gasteiger partial charge on any atom is 0.171 e. The molecular weight excluding hydrogens is 359 g/mol. The minimum atomic E-state index is -0.282. The Morgan fingerprint density at radius 3 is 2.41 bits per heavy atom. The zero-order chi connectivity index (χ0) is 19.2. The lowest BCUT2D eigenvalue weighted by atomic mass is 9.98. The summed E-state index contributed by atoms with van der Waals surface area (Å²) in [5.41, 5.74) is 1.92. The Kier molecular flexibility index (Phi) is 6.77. The molecule has 2 aromatic rings. The fraction of sp³-hybridized carbons (Fsp3) is 0.381. The van der Waals surface area contributed by atoms with Crippen LogP contribution in [-0.2, 0) is 0 Å². The third-order valence-electron chi connectivity index (χ3n) is 4.99. The van der Waals surface area contributed by atoms with Crippen molar-refractivity contribution in [2.45, 2.75) is 19.0 Å². The van der Waals surface area contributed by atoms with Gasteiger partial charge in [0, 0.05) is 37.9 Å². The van der Waals surface area contributed by atoms with Crippen molar-refractivity contribution in [3.63, 3.8) is 0 Å². The maximum absolute atomic E-state index is 13.4. The van der Waals surface area contributed by atoms with Gasteiger partial charge in [0.25, 0.3) is 0 Å². The summed E-state index contributed by atoms with van der Waals surface area (Å²) in [5, 5.41) is 6.98. The number of benzene rings is 2. The van der Waals surface area contributed by atoms with Gasteiger partial charge in [-0.25, -0.2) is 4.39 Å². The summed E-state index contributed by atoms with van der Waals surface area (Å²) in [5.74, 6) is -0.282. The van der Waals surface area contributed by atoms with Crippen molar-refractivity contribution in [3.8, 4) is 0 Å². The van der Waals surface area contributed by atoms with E-state index in [1.54, 1.807) is 12.1 Å². The van der Waals surface area contributed by atoms with Crippen LogP contribution in [0.1, 0.15) is 18.5 Å². The first-order chi connectivity index (χ1) is 13.0. The van der Waals surface area contributed by atoms with Crippen molar-refractivity contribution in [2.24, 2.45) is 0 Å². The smallest absolute Gasteiger partial charge is 0.171 e. The van der Waals surface area contributed by atoms with Gasteiger partial charge in [-0.05, 0) is 50.0 Å². The molecule has 0 saturated carbocycles. The molecule has 1 fully saturated rings. The molecule has 0 aliphatic carbocycles. The molecule has 0 aromatic heterocycles. The highest BCUT2D eigenvalue weighted by Gasteiger charge is 2.28. The van der Waals surface area contributed by atoms with Crippen LogP contribution in [0.2, 0.25) is 0 Å². The summed E-state index contributed by atoms with van der Waals surface area (Å²) in [6.07, 6.45) is 0. The zero-order valence-corrected chi connectivity index (χ0v) is 16.7. The Bertz CT molecular complexity index is 747. The number of hydrogen-bond donors (Lipinski definition) is 2. The molecule has 6 heteroatoms. The van der Waals surface area contributed by atoms with Crippen LogP contribution in [0.4, 0.5) is 10.1 Å². The second-order valence-corrected chi connectivity index (χ2v) is 7.50. The molecule has 0 bridgehead atoms. The molecule has 1 aliphatic rings. The predicted molar refractivity (Wildman–Crippen MR) is 113 cm³/mol. The van der Waals surface area contributed by atoms with Crippen molar-refractivity contribution in [3.05, 3.63) is 66.0 Å². The van der Waals surface area contributed by atoms with Crippen LogP contribution in [-0.4, -0.2) is 54.2 Å². The highest BCUT2D eigenvalue weighted by atomic mass is 32.1. The minimum absolute atomic E-state index is 0.101. The molecule has 1 aliphatic heterocycles. The number of thiocarbonyl (C=S) groups is 1. The fourth-order valence-corrected chi connectivity index (χ4v) is 3.89. The Morgan fingerprint density at radius 2 is 1.74 bits per heavy atom. The highest BCUT2D eigenvalue weighted by molar-refractivity contribution is 7.80. The number of nitrogens with one attached hydrogen (secondary N) is 2. The van der Waals surface area contributed by atoms with Crippen molar-refractivity contribution >= 4 is 23.0 Å². The Morgan fingerprint density at radius 1 is 1.04 bits per heavy atom.